The minimum atomic E-state index is -3.66. The summed E-state index contributed by atoms with van der Waals surface area (Å²) in [4.78, 5) is 11.8. The highest BCUT2D eigenvalue weighted by atomic mass is 32.2. The minimum absolute atomic E-state index is 0.196. The molecule has 1 aromatic heterocycles. The first-order chi connectivity index (χ1) is 12.3. The van der Waals surface area contributed by atoms with Crippen molar-refractivity contribution in [2.45, 2.75) is 18.6 Å². The molecule has 0 aliphatic carbocycles. The fourth-order valence-corrected chi connectivity index (χ4v) is 2.74. The largest absolute Gasteiger partial charge is 0.490 e. The van der Waals surface area contributed by atoms with Crippen molar-refractivity contribution >= 4 is 16.0 Å². The van der Waals surface area contributed by atoms with Crippen LogP contribution in [-0.2, 0) is 26.2 Å². The molecule has 0 amide bonds. The Labute approximate surface area is 152 Å². The zero-order valence-corrected chi connectivity index (χ0v) is 15.6. The van der Waals surface area contributed by atoms with Crippen LogP contribution in [0.3, 0.4) is 0 Å². The standard InChI is InChI=1S/C17H21NO7S/c1-4-22-14-7-5-6-8-15(14)23-12-16(19)24-11-13-9-10-17(25-13)26(20,21)18(2)3/h5-10H,4,11-12H2,1-3H3. The van der Waals surface area contributed by atoms with E-state index in [1.165, 1.54) is 26.2 Å². The van der Waals surface area contributed by atoms with Gasteiger partial charge in [-0.1, -0.05) is 12.1 Å². The lowest BCUT2D eigenvalue weighted by Crippen LogP contribution is -2.21. The molecule has 26 heavy (non-hydrogen) atoms. The Morgan fingerprint density at radius 1 is 1.08 bits per heavy atom. The summed E-state index contributed by atoms with van der Waals surface area (Å²) in [5.41, 5.74) is 0. The minimum Gasteiger partial charge on any atom is -0.490 e. The van der Waals surface area contributed by atoms with Crippen LogP contribution in [-0.4, -0.2) is 46.0 Å². The predicted molar refractivity (Wildman–Crippen MR) is 92.5 cm³/mol. The molecule has 0 atom stereocenters. The predicted octanol–water partition coefficient (Wildman–Crippen LogP) is 2.05. The molecule has 0 unspecified atom stereocenters. The number of furan rings is 1. The molecule has 1 aromatic carbocycles. The van der Waals surface area contributed by atoms with Gasteiger partial charge in [0.15, 0.2) is 18.1 Å². The normalized spacial score (nSPS) is 11.4. The number of carbonyl (C=O) groups is 1. The molecule has 0 bridgehead atoms. The van der Waals surface area contributed by atoms with Crippen LogP contribution in [0.2, 0.25) is 0 Å². The van der Waals surface area contributed by atoms with Gasteiger partial charge in [-0.15, -0.1) is 0 Å². The fraction of sp³-hybridized carbons (Fsp3) is 0.353. The summed E-state index contributed by atoms with van der Waals surface area (Å²) >= 11 is 0. The van der Waals surface area contributed by atoms with E-state index < -0.39 is 16.0 Å². The maximum absolute atomic E-state index is 11.9. The summed E-state index contributed by atoms with van der Waals surface area (Å²) in [6.45, 7) is 1.81. The first-order valence-electron chi connectivity index (χ1n) is 7.86. The second-order valence-corrected chi connectivity index (χ2v) is 7.42. The second-order valence-electron chi connectivity index (χ2n) is 5.34. The topological polar surface area (TPSA) is 95.3 Å². The zero-order chi connectivity index (χ0) is 19.2. The van der Waals surface area contributed by atoms with Crippen molar-refractivity contribution in [2.75, 3.05) is 27.3 Å². The van der Waals surface area contributed by atoms with Crippen molar-refractivity contribution in [2.24, 2.45) is 0 Å². The Morgan fingerprint density at radius 2 is 1.73 bits per heavy atom. The molecule has 0 spiro atoms. The number of para-hydroxylation sites is 2. The highest BCUT2D eigenvalue weighted by molar-refractivity contribution is 7.88. The summed E-state index contributed by atoms with van der Waals surface area (Å²) in [6.07, 6.45) is 0. The first kappa shape index (κ1) is 19.8. The van der Waals surface area contributed by atoms with Gasteiger partial charge < -0.3 is 18.6 Å². The third-order valence-electron chi connectivity index (χ3n) is 3.24. The summed E-state index contributed by atoms with van der Waals surface area (Å²) in [5.74, 6) is 0.564. The highest BCUT2D eigenvalue weighted by Crippen LogP contribution is 2.26. The fourth-order valence-electron chi connectivity index (χ4n) is 1.93. The van der Waals surface area contributed by atoms with E-state index in [0.717, 1.165) is 4.31 Å². The lowest BCUT2D eigenvalue weighted by Gasteiger charge is -2.11. The van der Waals surface area contributed by atoms with E-state index in [1.54, 1.807) is 24.3 Å². The van der Waals surface area contributed by atoms with Crippen molar-refractivity contribution in [1.29, 1.82) is 0 Å². The Hall–Kier alpha value is -2.52. The van der Waals surface area contributed by atoms with Crippen LogP contribution < -0.4 is 9.47 Å². The van der Waals surface area contributed by atoms with Crippen molar-refractivity contribution in [1.82, 2.24) is 4.31 Å². The Bertz CT molecular complexity index is 842. The molecule has 8 nitrogen and oxygen atoms in total. The summed E-state index contributed by atoms with van der Waals surface area (Å²) in [5, 5.41) is -0.213. The number of rotatable bonds is 9. The van der Waals surface area contributed by atoms with Gasteiger partial charge in [0.25, 0.3) is 10.0 Å². The van der Waals surface area contributed by atoms with Crippen molar-refractivity contribution in [3.05, 3.63) is 42.2 Å². The molecule has 0 aliphatic rings. The average Bonchev–Trinajstić information content (AvgIpc) is 3.09. The quantitative estimate of drug-likeness (QED) is 0.612. The van der Waals surface area contributed by atoms with Crippen molar-refractivity contribution in [3.63, 3.8) is 0 Å². The Balaban J connectivity index is 1.87. The highest BCUT2D eigenvalue weighted by Gasteiger charge is 2.21. The van der Waals surface area contributed by atoms with Gasteiger partial charge in [0.05, 0.1) is 6.61 Å². The lowest BCUT2D eigenvalue weighted by molar-refractivity contribution is -0.147. The average molecular weight is 383 g/mol. The van der Waals surface area contributed by atoms with Gasteiger partial charge in [-0.05, 0) is 31.2 Å². The van der Waals surface area contributed by atoms with Crippen LogP contribution in [0.15, 0.2) is 45.9 Å². The maximum atomic E-state index is 11.9. The van der Waals surface area contributed by atoms with Gasteiger partial charge in [0.2, 0.25) is 5.09 Å². The molecule has 9 heteroatoms. The molecule has 1 heterocycles. The number of ether oxygens (including phenoxy) is 3. The second kappa shape index (κ2) is 8.72. The zero-order valence-electron chi connectivity index (χ0n) is 14.8. The molecule has 0 aliphatic heterocycles. The van der Waals surface area contributed by atoms with E-state index in [4.69, 9.17) is 18.6 Å². The number of esters is 1. The van der Waals surface area contributed by atoms with Crippen LogP contribution in [0.4, 0.5) is 0 Å². The van der Waals surface area contributed by atoms with E-state index >= 15 is 0 Å². The van der Waals surface area contributed by atoms with Gasteiger partial charge in [0, 0.05) is 14.1 Å². The van der Waals surface area contributed by atoms with Gasteiger partial charge in [0.1, 0.15) is 12.4 Å². The molecule has 2 rings (SSSR count). The summed E-state index contributed by atoms with van der Waals surface area (Å²) in [6, 6.07) is 9.73. The third kappa shape index (κ3) is 4.99. The molecular formula is C17H21NO7S. The number of carbonyl (C=O) groups excluding carboxylic acids is 1. The van der Waals surface area contributed by atoms with Crippen molar-refractivity contribution < 1.29 is 31.8 Å². The van der Waals surface area contributed by atoms with Crippen LogP contribution in [0.25, 0.3) is 0 Å². The lowest BCUT2D eigenvalue weighted by atomic mass is 10.3. The smallest absolute Gasteiger partial charge is 0.344 e. The number of nitrogens with zero attached hydrogens (tertiary/aromatic N) is 1. The SMILES string of the molecule is CCOc1ccccc1OCC(=O)OCc1ccc(S(=O)(=O)N(C)C)o1. The number of sulfonamides is 1. The summed E-state index contributed by atoms with van der Waals surface area (Å²) < 4.78 is 45.9. The Morgan fingerprint density at radius 3 is 2.35 bits per heavy atom. The molecule has 142 valence electrons. The number of hydrogen-bond donors (Lipinski definition) is 0. The van der Waals surface area contributed by atoms with E-state index in [-0.39, 0.29) is 24.1 Å². The molecule has 0 N–H and O–H groups in total. The van der Waals surface area contributed by atoms with E-state index in [1.807, 2.05) is 6.92 Å². The van der Waals surface area contributed by atoms with Gasteiger partial charge >= 0.3 is 5.97 Å². The van der Waals surface area contributed by atoms with Gasteiger partial charge in [-0.2, -0.15) is 0 Å². The number of benzene rings is 1. The monoisotopic (exact) mass is 383 g/mol. The summed E-state index contributed by atoms with van der Waals surface area (Å²) in [7, 11) is -0.868. The van der Waals surface area contributed by atoms with Crippen LogP contribution in [0, 0.1) is 0 Å². The third-order valence-corrected chi connectivity index (χ3v) is 4.93. The maximum Gasteiger partial charge on any atom is 0.344 e. The van der Waals surface area contributed by atoms with Crippen LogP contribution in [0.5, 0.6) is 11.5 Å². The number of hydrogen-bond acceptors (Lipinski definition) is 7. The van der Waals surface area contributed by atoms with E-state index in [9.17, 15) is 13.2 Å². The molecule has 0 radical (unpaired) electrons. The van der Waals surface area contributed by atoms with Crippen LogP contribution in [0.1, 0.15) is 12.7 Å². The van der Waals surface area contributed by atoms with E-state index in [0.29, 0.717) is 18.1 Å². The van der Waals surface area contributed by atoms with Crippen molar-refractivity contribution in [3.8, 4) is 11.5 Å². The molecule has 0 fully saturated rings. The molecule has 0 saturated heterocycles. The molecule has 2 aromatic rings. The molecular weight excluding hydrogens is 362 g/mol. The van der Waals surface area contributed by atoms with Gasteiger partial charge in [-0.3, -0.25) is 0 Å². The van der Waals surface area contributed by atoms with Crippen LogP contribution >= 0.6 is 0 Å². The first-order valence-corrected chi connectivity index (χ1v) is 9.30. The Kier molecular flexibility index (Phi) is 6.64. The van der Waals surface area contributed by atoms with E-state index in [2.05, 4.69) is 0 Å². The molecule has 0 saturated carbocycles. The van der Waals surface area contributed by atoms with Gasteiger partial charge in [-0.25, -0.2) is 17.5 Å².